The molecule has 0 saturated heterocycles. The van der Waals surface area contributed by atoms with Gasteiger partial charge in [0.25, 0.3) is 0 Å². The summed E-state index contributed by atoms with van der Waals surface area (Å²) in [5.41, 5.74) is -3.02. The fraction of sp³-hybridized carbons (Fsp3) is 0.250. The van der Waals surface area contributed by atoms with Gasteiger partial charge in [-0.25, -0.2) is 4.79 Å². The van der Waals surface area contributed by atoms with E-state index in [9.17, 15) is 36.6 Å². The number of aromatic nitrogens is 1. The molecular formula is C28H28F3N3O5S. The smallest absolute Gasteiger partial charge is 0.477 e. The van der Waals surface area contributed by atoms with E-state index in [1.165, 1.54) is 33.6 Å². The molecule has 0 spiro atoms. The highest BCUT2D eigenvalue weighted by Gasteiger charge is 2.46. The van der Waals surface area contributed by atoms with Crippen molar-refractivity contribution in [3.8, 4) is 0 Å². The number of anilines is 1. The summed E-state index contributed by atoms with van der Waals surface area (Å²) in [6.07, 6.45) is -0.0348. The average molecular weight is 576 g/mol. The number of hydrogen-bond acceptors (Lipinski definition) is 5. The third kappa shape index (κ3) is 6.82. The molecule has 1 heterocycles. The molecule has 3 aromatic carbocycles. The summed E-state index contributed by atoms with van der Waals surface area (Å²) >= 11 is 0. The molecule has 0 bridgehead atoms. The predicted molar refractivity (Wildman–Crippen MR) is 146 cm³/mol. The maximum absolute atomic E-state index is 12.8. The molecule has 40 heavy (non-hydrogen) atoms. The van der Waals surface area contributed by atoms with Crippen LogP contribution in [0.4, 0.5) is 18.9 Å². The van der Waals surface area contributed by atoms with Crippen LogP contribution in [0.2, 0.25) is 0 Å². The van der Waals surface area contributed by atoms with Crippen LogP contribution in [0.3, 0.4) is 0 Å². The highest BCUT2D eigenvalue weighted by atomic mass is 32.2. The van der Waals surface area contributed by atoms with E-state index in [1.807, 2.05) is 49.4 Å². The van der Waals surface area contributed by atoms with Crippen molar-refractivity contribution in [3.63, 3.8) is 0 Å². The lowest BCUT2D eigenvalue weighted by Gasteiger charge is -2.18. The van der Waals surface area contributed by atoms with Crippen molar-refractivity contribution in [3.05, 3.63) is 101 Å². The van der Waals surface area contributed by atoms with E-state index in [1.54, 1.807) is 12.1 Å². The van der Waals surface area contributed by atoms with Gasteiger partial charge in [0.15, 0.2) is 0 Å². The molecule has 1 aromatic heterocycles. The number of hydrogen-bond donors (Lipinski definition) is 4. The molecule has 4 N–H and O–H groups in total. The molecule has 0 aliphatic rings. The first-order chi connectivity index (χ1) is 18.8. The minimum Gasteiger partial charge on any atom is -0.477 e. The maximum atomic E-state index is 12.8. The Hall–Kier alpha value is -3.87. The topological polar surface area (TPSA) is 121 Å². The van der Waals surface area contributed by atoms with E-state index in [-0.39, 0.29) is 24.0 Å². The van der Waals surface area contributed by atoms with Gasteiger partial charge < -0.3 is 20.1 Å². The molecule has 212 valence electrons. The van der Waals surface area contributed by atoms with Gasteiger partial charge in [-0.15, -0.1) is 0 Å². The summed E-state index contributed by atoms with van der Waals surface area (Å²) in [5, 5.41) is 24.2. The number of aliphatic hydroxyl groups excluding tert-OH is 1. The number of benzene rings is 3. The molecule has 8 nitrogen and oxygen atoms in total. The van der Waals surface area contributed by atoms with Crippen molar-refractivity contribution in [2.45, 2.75) is 37.5 Å². The van der Waals surface area contributed by atoms with Gasteiger partial charge in [0.1, 0.15) is 5.69 Å². The predicted octanol–water partition coefficient (Wildman–Crippen LogP) is 4.90. The van der Waals surface area contributed by atoms with Crippen LogP contribution in [-0.4, -0.2) is 47.3 Å². The van der Waals surface area contributed by atoms with Crippen LogP contribution in [0.25, 0.3) is 10.9 Å². The quantitative estimate of drug-likeness (QED) is 0.202. The summed E-state index contributed by atoms with van der Waals surface area (Å²) < 4.78 is 64.3. The standard InChI is InChI=1S/C28H28F3N3O5S/c1-18(32-16-26(35)21-7-3-2-4-8-21)12-19-10-11-24-22(13-19)15-25(27(36)37)34(24)17-20-6-5-9-23(14-20)33-40(38,39)28(29,30)31/h2-11,13-15,18,26,32-33,35H,12,16-17H2,1H3,(H,36,37). The summed E-state index contributed by atoms with van der Waals surface area (Å²) in [5.74, 6) is -1.18. The number of sulfonamides is 1. The number of aromatic carboxylic acids is 1. The van der Waals surface area contributed by atoms with Crippen LogP contribution >= 0.6 is 0 Å². The first kappa shape index (κ1) is 29.1. The summed E-state index contributed by atoms with van der Waals surface area (Å²) in [6, 6.07) is 21.7. The molecule has 0 aliphatic heterocycles. The number of halogens is 3. The van der Waals surface area contributed by atoms with Gasteiger partial charge in [0.2, 0.25) is 0 Å². The van der Waals surface area contributed by atoms with Crippen molar-refractivity contribution < 1.29 is 36.6 Å². The van der Waals surface area contributed by atoms with Crippen molar-refractivity contribution in [2.24, 2.45) is 0 Å². The summed E-state index contributed by atoms with van der Waals surface area (Å²) in [7, 11) is -5.59. The third-order valence-corrected chi connectivity index (χ3v) is 7.51. The van der Waals surface area contributed by atoms with Gasteiger partial charge in [-0.3, -0.25) is 4.72 Å². The zero-order chi connectivity index (χ0) is 29.1. The lowest BCUT2D eigenvalue weighted by molar-refractivity contribution is -0.0429. The molecule has 0 fully saturated rings. The van der Waals surface area contributed by atoms with Crippen LogP contribution < -0.4 is 10.0 Å². The van der Waals surface area contributed by atoms with Gasteiger partial charge in [-0.1, -0.05) is 48.5 Å². The van der Waals surface area contributed by atoms with Crippen molar-refractivity contribution >= 4 is 32.6 Å². The number of nitrogens with zero attached hydrogens (tertiary/aromatic N) is 1. The van der Waals surface area contributed by atoms with Crippen LogP contribution in [0.5, 0.6) is 0 Å². The zero-order valence-electron chi connectivity index (χ0n) is 21.4. The van der Waals surface area contributed by atoms with E-state index in [0.29, 0.717) is 29.4 Å². The maximum Gasteiger partial charge on any atom is 0.516 e. The number of alkyl halides is 3. The third-order valence-electron chi connectivity index (χ3n) is 6.40. The highest BCUT2D eigenvalue weighted by Crippen LogP contribution is 2.27. The largest absolute Gasteiger partial charge is 0.516 e. The van der Waals surface area contributed by atoms with E-state index >= 15 is 0 Å². The Morgan fingerprint density at radius 2 is 1.70 bits per heavy atom. The Morgan fingerprint density at radius 3 is 2.38 bits per heavy atom. The lowest BCUT2D eigenvalue weighted by atomic mass is 10.0. The minimum atomic E-state index is -5.59. The molecular weight excluding hydrogens is 547 g/mol. The van der Waals surface area contributed by atoms with Crippen LogP contribution in [-0.2, 0) is 23.0 Å². The Kier molecular flexibility index (Phi) is 8.52. The number of carboxylic acid groups (broad SMARTS) is 1. The van der Waals surface area contributed by atoms with Crippen molar-refractivity contribution in [2.75, 3.05) is 11.3 Å². The van der Waals surface area contributed by atoms with Crippen molar-refractivity contribution in [1.29, 1.82) is 0 Å². The summed E-state index contributed by atoms with van der Waals surface area (Å²) in [6.45, 7) is 2.34. The first-order valence-electron chi connectivity index (χ1n) is 12.3. The molecule has 4 aromatic rings. The Balaban J connectivity index is 1.51. The Morgan fingerprint density at radius 1 is 0.975 bits per heavy atom. The van der Waals surface area contributed by atoms with E-state index in [0.717, 1.165) is 11.1 Å². The monoisotopic (exact) mass is 575 g/mol. The van der Waals surface area contributed by atoms with Crippen LogP contribution in [0.15, 0.2) is 78.9 Å². The fourth-order valence-corrected chi connectivity index (χ4v) is 5.01. The second-order valence-corrected chi connectivity index (χ2v) is 11.2. The average Bonchev–Trinajstić information content (AvgIpc) is 3.25. The number of aliphatic hydroxyl groups is 1. The van der Waals surface area contributed by atoms with Gasteiger partial charge >= 0.3 is 21.5 Å². The number of nitrogens with one attached hydrogen (secondary N) is 2. The fourth-order valence-electron chi connectivity index (χ4n) is 4.46. The number of fused-ring (bicyclic) bond motifs is 1. The van der Waals surface area contributed by atoms with E-state index < -0.39 is 27.6 Å². The van der Waals surface area contributed by atoms with Gasteiger partial charge in [0.05, 0.1) is 6.10 Å². The normalized spacial score (nSPS) is 13.7. The van der Waals surface area contributed by atoms with E-state index in [4.69, 9.17) is 0 Å². The molecule has 0 saturated carbocycles. The Bertz CT molecular complexity index is 1600. The summed E-state index contributed by atoms with van der Waals surface area (Å²) in [4.78, 5) is 12.0. The van der Waals surface area contributed by atoms with Crippen LogP contribution in [0, 0.1) is 0 Å². The minimum absolute atomic E-state index is 0.0125. The molecule has 2 atom stereocenters. The number of rotatable bonds is 11. The van der Waals surface area contributed by atoms with Gasteiger partial charge in [0, 0.05) is 35.7 Å². The second kappa shape index (κ2) is 11.7. The molecule has 4 rings (SSSR count). The number of carboxylic acids is 1. The molecule has 2 unspecified atom stereocenters. The highest BCUT2D eigenvalue weighted by molar-refractivity contribution is 7.93. The molecule has 0 aliphatic carbocycles. The zero-order valence-corrected chi connectivity index (χ0v) is 22.2. The van der Waals surface area contributed by atoms with Crippen LogP contribution in [0.1, 0.15) is 40.2 Å². The second-order valence-electron chi connectivity index (χ2n) is 9.51. The first-order valence-corrected chi connectivity index (χ1v) is 13.8. The number of carbonyl (C=O) groups is 1. The van der Waals surface area contributed by atoms with E-state index in [2.05, 4.69) is 5.32 Å². The molecule has 0 amide bonds. The SMILES string of the molecule is CC(Cc1ccc2c(c1)cc(C(=O)O)n2Cc1cccc(NS(=O)(=O)C(F)(F)F)c1)NCC(O)c1ccccc1. The van der Waals surface area contributed by atoms with Crippen molar-refractivity contribution in [1.82, 2.24) is 9.88 Å². The lowest BCUT2D eigenvalue weighted by Crippen LogP contribution is -2.32. The van der Waals surface area contributed by atoms with Gasteiger partial charge in [-0.2, -0.15) is 21.6 Å². The molecule has 0 radical (unpaired) electrons. The molecule has 12 heteroatoms. The van der Waals surface area contributed by atoms with Gasteiger partial charge in [-0.05, 0) is 60.4 Å². The Labute approximate surface area is 229 Å².